The molecule has 156 valence electrons. The van der Waals surface area contributed by atoms with Gasteiger partial charge in [0.2, 0.25) is 0 Å². The largest absolute Gasteiger partial charge is 0.373 e. The Morgan fingerprint density at radius 1 is 0.750 bits per heavy atom. The molecule has 1 saturated heterocycles. The first-order chi connectivity index (χ1) is 13.7. The van der Waals surface area contributed by atoms with E-state index in [9.17, 15) is 8.78 Å². The monoisotopic (exact) mass is 390 g/mol. The summed E-state index contributed by atoms with van der Waals surface area (Å²) in [5.41, 5.74) is 0.995. The van der Waals surface area contributed by atoms with Crippen LogP contribution in [-0.2, 0) is 4.74 Å². The van der Waals surface area contributed by atoms with Crippen molar-refractivity contribution in [2.45, 2.75) is 95.5 Å². The van der Waals surface area contributed by atoms with Gasteiger partial charge in [0.05, 0.1) is 12.7 Å². The Hall–Kier alpha value is -0.960. The second-order valence-electron chi connectivity index (χ2n) is 9.66. The Morgan fingerprint density at radius 3 is 2.04 bits per heavy atom. The molecule has 2 saturated carbocycles. The minimum atomic E-state index is -0.730. The van der Waals surface area contributed by atoms with Crippen LogP contribution in [0.15, 0.2) is 18.2 Å². The van der Waals surface area contributed by atoms with Gasteiger partial charge in [-0.1, -0.05) is 44.6 Å². The van der Waals surface area contributed by atoms with Crippen molar-refractivity contribution in [3.8, 4) is 0 Å². The first-order valence-corrected chi connectivity index (χ1v) is 11.8. The van der Waals surface area contributed by atoms with Crippen molar-refractivity contribution in [2.24, 2.45) is 17.8 Å². The van der Waals surface area contributed by atoms with E-state index in [1.807, 2.05) is 0 Å². The van der Waals surface area contributed by atoms with Gasteiger partial charge in [0.15, 0.2) is 11.6 Å². The quantitative estimate of drug-likeness (QED) is 0.333. The summed E-state index contributed by atoms with van der Waals surface area (Å²) in [5, 5.41) is 0. The van der Waals surface area contributed by atoms with E-state index in [1.54, 1.807) is 6.07 Å². The van der Waals surface area contributed by atoms with E-state index in [4.69, 9.17) is 4.74 Å². The van der Waals surface area contributed by atoms with Crippen LogP contribution >= 0.6 is 0 Å². The van der Waals surface area contributed by atoms with Crippen LogP contribution in [0.3, 0.4) is 0 Å². The molecule has 0 amide bonds. The van der Waals surface area contributed by atoms with Crippen molar-refractivity contribution < 1.29 is 13.5 Å². The van der Waals surface area contributed by atoms with Gasteiger partial charge in [-0.3, -0.25) is 0 Å². The third-order valence-electron chi connectivity index (χ3n) is 7.79. The standard InChI is InChI=1S/C25H36F2O/c26-24-15-14-22(16-25(24)27)21-12-10-20(11-13-21)19-8-6-18(7-9-19)4-2-1-3-5-23-17-28-23/h14-16,18-21,23H,1-13,17H2. The van der Waals surface area contributed by atoms with Gasteiger partial charge in [-0.25, -0.2) is 8.78 Å². The second-order valence-corrected chi connectivity index (χ2v) is 9.66. The van der Waals surface area contributed by atoms with Crippen LogP contribution in [0.5, 0.6) is 0 Å². The summed E-state index contributed by atoms with van der Waals surface area (Å²) in [6.45, 7) is 1.01. The number of rotatable bonds is 8. The molecular weight excluding hydrogens is 354 g/mol. The average molecular weight is 391 g/mol. The van der Waals surface area contributed by atoms with E-state index in [0.717, 1.165) is 42.8 Å². The summed E-state index contributed by atoms with van der Waals surface area (Å²) in [7, 11) is 0. The van der Waals surface area contributed by atoms with Gasteiger partial charge in [0, 0.05) is 0 Å². The Kier molecular flexibility index (Phi) is 7.03. The fourth-order valence-corrected chi connectivity index (χ4v) is 5.86. The molecule has 4 rings (SSSR count). The molecule has 1 nitrogen and oxygen atoms in total. The summed E-state index contributed by atoms with van der Waals surface area (Å²) in [4.78, 5) is 0. The Labute approximate surface area is 169 Å². The van der Waals surface area contributed by atoms with Gasteiger partial charge in [0.25, 0.3) is 0 Å². The molecule has 1 unspecified atom stereocenters. The minimum Gasteiger partial charge on any atom is -0.373 e. The van der Waals surface area contributed by atoms with Crippen molar-refractivity contribution in [3.05, 3.63) is 35.4 Å². The smallest absolute Gasteiger partial charge is 0.159 e. The first kappa shape index (κ1) is 20.3. The van der Waals surface area contributed by atoms with Gasteiger partial charge < -0.3 is 4.74 Å². The zero-order valence-electron chi connectivity index (χ0n) is 17.2. The second kappa shape index (κ2) is 9.69. The van der Waals surface area contributed by atoms with Crippen molar-refractivity contribution in [1.82, 2.24) is 0 Å². The highest BCUT2D eigenvalue weighted by molar-refractivity contribution is 5.22. The van der Waals surface area contributed by atoms with Gasteiger partial charge in [-0.05, 0) is 86.3 Å². The Bertz CT molecular complexity index is 611. The SMILES string of the molecule is Fc1ccc(C2CCC(C3CCC(CCCCCC4CO4)CC3)CC2)cc1F. The lowest BCUT2D eigenvalue weighted by Crippen LogP contribution is -2.25. The maximum atomic E-state index is 13.5. The Morgan fingerprint density at radius 2 is 1.39 bits per heavy atom. The number of benzene rings is 1. The molecule has 1 heterocycles. The summed E-state index contributed by atoms with van der Waals surface area (Å²) in [6, 6.07) is 4.49. The molecule has 0 radical (unpaired) electrons. The van der Waals surface area contributed by atoms with E-state index in [0.29, 0.717) is 12.0 Å². The summed E-state index contributed by atoms with van der Waals surface area (Å²) in [6.07, 6.45) is 18.0. The molecular formula is C25H36F2O. The topological polar surface area (TPSA) is 12.5 Å². The summed E-state index contributed by atoms with van der Waals surface area (Å²) >= 11 is 0. The molecule has 1 aromatic rings. The van der Waals surface area contributed by atoms with Crippen LogP contribution in [-0.4, -0.2) is 12.7 Å². The molecule has 3 heteroatoms. The predicted molar refractivity (Wildman–Crippen MR) is 109 cm³/mol. The molecule has 0 bridgehead atoms. The van der Waals surface area contributed by atoms with E-state index in [1.165, 1.54) is 82.8 Å². The van der Waals surface area contributed by atoms with Crippen molar-refractivity contribution >= 4 is 0 Å². The average Bonchev–Trinajstić information content (AvgIpc) is 3.55. The minimum absolute atomic E-state index is 0.420. The molecule has 2 aliphatic carbocycles. The number of ether oxygens (including phenoxy) is 1. The molecule has 0 spiro atoms. The van der Waals surface area contributed by atoms with Crippen molar-refractivity contribution in [3.63, 3.8) is 0 Å². The fourth-order valence-electron chi connectivity index (χ4n) is 5.86. The van der Waals surface area contributed by atoms with Crippen LogP contribution in [0.2, 0.25) is 0 Å². The van der Waals surface area contributed by atoms with Gasteiger partial charge in [-0.15, -0.1) is 0 Å². The number of hydrogen-bond acceptors (Lipinski definition) is 1. The molecule has 0 aromatic heterocycles. The molecule has 1 atom stereocenters. The zero-order valence-corrected chi connectivity index (χ0v) is 17.2. The molecule has 0 N–H and O–H groups in total. The van der Waals surface area contributed by atoms with Crippen LogP contribution in [0.1, 0.15) is 95.0 Å². The first-order valence-electron chi connectivity index (χ1n) is 11.8. The lowest BCUT2D eigenvalue weighted by molar-refractivity contribution is 0.155. The highest BCUT2D eigenvalue weighted by atomic mass is 19.2. The van der Waals surface area contributed by atoms with E-state index in [2.05, 4.69) is 0 Å². The molecule has 3 aliphatic rings. The normalized spacial score (nSPS) is 33.0. The van der Waals surface area contributed by atoms with E-state index >= 15 is 0 Å². The number of hydrogen-bond donors (Lipinski definition) is 0. The van der Waals surface area contributed by atoms with Gasteiger partial charge >= 0.3 is 0 Å². The Balaban J connectivity index is 1.13. The van der Waals surface area contributed by atoms with Crippen LogP contribution in [0.4, 0.5) is 8.78 Å². The number of epoxide rings is 1. The molecule has 1 aliphatic heterocycles. The molecule has 1 aromatic carbocycles. The third-order valence-corrected chi connectivity index (χ3v) is 7.79. The summed E-state index contributed by atoms with van der Waals surface area (Å²) < 4.78 is 32.0. The maximum Gasteiger partial charge on any atom is 0.159 e. The van der Waals surface area contributed by atoms with Gasteiger partial charge in [0.1, 0.15) is 0 Å². The lowest BCUT2D eigenvalue weighted by Gasteiger charge is -2.38. The summed E-state index contributed by atoms with van der Waals surface area (Å²) in [5.74, 6) is 1.73. The lowest BCUT2D eigenvalue weighted by atomic mass is 9.68. The third kappa shape index (κ3) is 5.55. The van der Waals surface area contributed by atoms with Crippen LogP contribution < -0.4 is 0 Å². The zero-order chi connectivity index (χ0) is 19.3. The molecule has 3 fully saturated rings. The van der Waals surface area contributed by atoms with E-state index in [-0.39, 0.29) is 0 Å². The highest BCUT2D eigenvalue weighted by Crippen LogP contribution is 2.44. The van der Waals surface area contributed by atoms with Crippen molar-refractivity contribution in [2.75, 3.05) is 6.61 Å². The van der Waals surface area contributed by atoms with Gasteiger partial charge in [-0.2, -0.15) is 0 Å². The van der Waals surface area contributed by atoms with Crippen LogP contribution in [0.25, 0.3) is 0 Å². The number of halogens is 2. The highest BCUT2D eigenvalue weighted by Gasteiger charge is 2.31. The fraction of sp³-hybridized carbons (Fsp3) is 0.760. The number of unbranched alkanes of at least 4 members (excludes halogenated alkanes) is 2. The predicted octanol–water partition coefficient (Wildman–Crippen LogP) is 7.39. The van der Waals surface area contributed by atoms with Crippen molar-refractivity contribution in [1.29, 1.82) is 0 Å². The van der Waals surface area contributed by atoms with Crippen LogP contribution in [0, 0.1) is 29.4 Å². The van der Waals surface area contributed by atoms with E-state index < -0.39 is 11.6 Å². The maximum absolute atomic E-state index is 13.5. The molecule has 28 heavy (non-hydrogen) atoms.